The molecule has 1 aliphatic rings. The van der Waals surface area contributed by atoms with E-state index < -0.39 is 8.25 Å². The third kappa shape index (κ3) is 8.00. The first-order chi connectivity index (χ1) is 5.81. The van der Waals surface area contributed by atoms with Crippen molar-refractivity contribution in [2.45, 2.75) is 0 Å². The maximum Gasteiger partial charge on any atom is 0.702 e. The van der Waals surface area contributed by atoms with Crippen LogP contribution in [0.4, 0.5) is 0 Å². The molecule has 1 aliphatic heterocycles. The van der Waals surface area contributed by atoms with Crippen LogP contribution in [0.5, 0.6) is 0 Å². The number of rotatable bonds is 4. The van der Waals surface area contributed by atoms with Gasteiger partial charge in [0.15, 0.2) is 0 Å². The molecule has 12 heavy (non-hydrogen) atoms. The Hall–Kier alpha value is -0.100. The van der Waals surface area contributed by atoms with E-state index in [9.17, 15) is 4.57 Å². The highest BCUT2D eigenvalue weighted by Crippen LogP contribution is 2.32. The largest absolute Gasteiger partial charge is 0.702 e. The van der Waals surface area contributed by atoms with E-state index in [4.69, 9.17) is 11.5 Å². The van der Waals surface area contributed by atoms with Crippen LogP contribution in [-0.2, 0) is 13.6 Å². The Morgan fingerprint density at radius 1 is 1.25 bits per heavy atom. The third-order valence-corrected chi connectivity index (χ3v) is 1.59. The van der Waals surface area contributed by atoms with E-state index >= 15 is 0 Å². The molecule has 1 heterocycles. The molecule has 0 aromatic carbocycles. The molecule has 0 spiro atoms. The molecule has 1 rings (SSSR count). The molecule has 0 aliphatic carbocycles. The van der Waals surface area contributed by atoms with Crippen LogP contribution in [0.2, 0.25) is 0 Å². The molecule has 0 aromatic rings. The molecule has 0 aromatic heterocycles. The summed E-state index contributed by atoms with van der Waals surface area (Å²) in [5, 5.41) is 3.03. The Labute approximate surface area is 72.5 Å². The lowest BCUT2D eigenvalue weighted by Gasteiger charge is -1.95. The minimum Gasteiger partial charge on any atom is -0.329 e. The lowest BCUT2D eigenvalue weighted by molar-refractivity contribution is 0.0270. The van der Waals surface area contributed by atoms with Gasteiger partial charge >= 0.3 is 8.25 Å². The average Bonchev–Trinajstić information content (AvgIpc) is 2.03. The van der Waals surface area contributed by atoms with Crippen LogP contribution in [0.1, 0.15) is 0 Å². The van der Waals surface area contributed by atoms with E-state index in [1.54, 1.807) is 0 Å². The molecular formula is C5H15N3O3P+. The van der Waals surface area contributed by atoms with Crippen molar-refractivity contribution in [2.24, 2.45) is 11.5 Å². The molecular weight excluding hydrogens is 181 g/mol. The first-order valence-electron chi connectivity index (χ1n) is 3.65. The van der Waals surface area contributed by atoms with E-state index in [0.29, 0.717) is 13.1 Å². The summed E-state index contributed by atoms with van der Waals surface area (Å²) in [5.74, 6) is 0. The summed E-state index contributed by atoms with van der Waals surface area (Å²) in [7, 11) is -1.67. The summed E-state index contributed by atoms with van der Waals surface area (Å²) >= 11 is 0. The molecule has 0 saturated carbocycles. The van der Waals surface area contributed by atoms with Crippen LogP contribution < -0.4 is 16.8 Å². The van der Waals surface area contributed by atoms with Gasteiger partial charge in [-0.05, 0) is 0 Å². The summed E-state index contributed by atoms with van der Waals surface area (Å²) in [6.45, 7) is 3.34. The highest BCUT2D eigenvalue weighted by Gasteiger charge is 2.32. The van der Waals surface area contributed by atoms with Gasteiger partial charge in [-0.15, -0.1) is 0 Å². The molecule has 0 atom stereocenters. The number of nitrogens with two attached hydrogens (primary N) is 2. The van der Waals surface area contributed by atoms with Crippen LogP contribution in [0.25, 0.3) is 0 Å². The first-order valence-corrected chi connectivity index (χ1v) is 4.74. The van der Waals surface area contributed by atoms with Crippen molar-refractivity contribution in [3.63, 3.8) is 0 Å². The molecule has 0 unspecified atom stereocenters. The van der Waals surface area contributed by atoms with Gasteiger partial charge in [0.1, 0.15) is 0 Å². The van der Waals surface area contributed by atoms with Crippen molar-refractivity contribution >= 4 is 8.25 Å². The molecule has 6 nitrogen and oxygen atoms in total. The van der Waals surface area contributed by atoms with Crippen LogP contribution in [0, 0.1) is 0 Å². The van der Waals surface area contributed by atoms with Crippen LogP contribution in [0.3, 0.4) is 0 Å². The molecule has 7 heteroatoms. The number of nitrogens with one attached hydrogen (secondary N) is 1. The quantitative estimate of drug-likeness (QED) is 0.399. The molecule has 72 valence electrons. The fraction of sp³-hybridized carbons (Fsp3) is 1.00. The minimum absolute atomic E-state index is 0.204. The Morgan fingerprint density at radius 3 is 1.83 bits per heavy atom. The monoisotopic (exact) mass is 196 g/mol. The van der Waals surface area contributed by atoms with Gasteiger partial charge in [0, 0.05) is 30.7 Å². The lowest BCUT2D eigenvalue weighted by Crippen LogP contribution is -2.27. The van der Waals surface area contributed by atoms with Gasteiger partial charge in [0.05, 0.1) is 0 Å². The topological polar surface area (TPSA) is 99.6 Å². The molecule has 0 bridgehead atoms. The number of hydrogen-bond acceptors (Lipinski definition) is 6. The maximum absolute atomic E-state index is 9.60. The smallest absolute Gasteiger partial charge is 0.329 e. The number of hydrogen-bond donors (Lipinski definition) is 3. The highest BCUT2D eigenvalue weighted by atomic mass is 31.1. The standard InChI is InChI=1S/C4H13N3.CH2O3P/c5-1-3-7-4-2-6;2-5-3-1-4-5/h7H,1-6H2;1H2/q;+1. The predicted molar refractivity (Wildman–Crippen MR) is 45.6 cm³/mol. The Balaban J connectivity index is 0.000000211. The molecule has 1 saturated heterocycles. The molecule has 5 N–H and O–H groups in total. The maximum atomic E-state index is 9.60. The van der Waals surface area contributed by atoms with Crippen molar-refractivity contribution in [3.05, 3.63) is 0 Å². The third-order valence-electron chi connectivity index (χ3n) is 0.958. The molecule has 0 amide bonds. The summed E-state index contributed by atoms with van der Waals surface area (Å²) in [4.78, 5) is 0. The van der Waals surface area contributed by atoms with Crippen LogP contribution >= 0.6 is 8.25 Å². The average molecular weight is 196 g/mol. The van der Waals surface area contributed by atoms with Crippen molar-refractivity contribution in [3.8, 4) is 0 Å². The van der Waals surface area contributed by atoms with E-state index in [0.717, 1.165) is 13.1 Å². The second-order valence-corrected chi connectivity index (χ2v) is 2.89. The van der Waals surface area contributed by atoms with Gasteiger partial charge in [-0.2, -0.15) is 0 Å². The fourth-order valence-corrected chi connectivity index (χ4v) is 0.616. The van der Waals surface area contributed by atoms with Crippen molar-refractivity contribution in [1.29, 1.82) is 0 Å². The van der Waals surface area contributed by atoms with Gasteiger partial charge in [-0.25, -0.2) is 0 Å². The van der Waals surface area contributed by atoms with Crippen molar-refractivity contribution < 1.29 is 13.6 Å². The molecule has 0 radical (unpaired) electrons. The van der Waals surface area contributed by atoms with E-state index in [2.05, 4.69) is 14.4 Å². The van der Waals surface area contributed by atoms with Crippen LogP contribution in [-0.4, -0.2) is 33.0 Å². The van der Waals surface area contributed by atoms with Gasteiger partial charge in [0.2, 0.25) is 0 Å². The van der Waals surface area contributed by atoms with Crippen molar-refractivity contribution in [1.82, 2.24) is 5.32 Å². The predicted octanol–water partition coefficient (Wildman–Crippen LogP) is -0.858. The second kappa shape index (κ2) is 8.99. The summed E-state index contributed by atoms with van der Waals surface area (Å²) in [6.07, 6.45) is 0. The Morgan fingerprint density at radius 2 is 1.67 bits per heavy atom. The van der Waals surface area contributed by atoms with Gasteiger partial charge in [-0.1, -0.05) is 9.05 Å². The van der Waals surface area contributed by atoms with E-state index in [1.165, 1.54) is 0 Å². The molecule has 1 fully saturated rings. The Kier molecular flexibility index (Phi) is 8.92. The minimum atomic E-state index is -1.67. The lowest BCUT2D eigenvalue weighted by atomic mass is 10.6. The van der Waals surface area contributed by atoms with Crippen molar-refractivity contribution in [2.75, 3.05) is 33.0 Å². The van der Waals surface area contributed by atoms with E-state index in [1.807, 2.05) is 0 Å². The van der Waals surface area contributed by atoms with Gasteiger partial charge in [0.25, 0.3) is 6.79 Å². The van der Waals surface area contributed by atoms with Crippen LogP contribution in [0.15, 0.2) is 0 Å². The van der Waals surface area contributed by atoms with Gasteiger partial charge in [-0.3, -0.25) is 0 Å². The van der Waals surface area contributed by atoms with E-state index in [-0.39, 0.29) is 6.79 Å². The highest BCUT2D eigenvalue weighted by molar-refractivity contribution is 7.34. The Bertz CT molecular complexity index is 115. The summed E-state index contributed by atoms with van der Waals surface area (Å²) < 4.78 is 18.0. The zero-order chi connectivity index (χ0) is 9.23. The summed E-state index contributed by atoms with van der Waals surface area (Å²) in [5.41, 5.74) is 10.3. The fourth-order valence-electron chi connectivity index (χ4n) is 0.425. The first kappa shape index (κ1) is 11.9. The zero-order valence-corrected chi connectivity index (χ0v) is 7.76. The SMILES string of the molecule is NCCNCCN.O=[P+]1OCO1. The summed E-state index contributed by atoms with van der Waals surface area (Å²) in [6, 6.07) is 0. The normalized spacial score (nSPS) is 14.7. The van der Waals surface area contributed by atoms with Gasteiger partial charge < -0.3 is 16.8 Å². The second-order valence-electron chi connectivity index (χ2n) is 1.93. The zero-order valence-electron chi connectivity index (χ0n) is 6.86.